The van der Waals surface area contributed by atoms with E-state index in [0.29, 0.717) is 6.04 Å². The largest absolute Gasteiger partial charge is 0.304 e. The minimum atomic E-state index is 0.317. The highest BCUT2D eigenvalue weighted by Crippen LogP contribution is 2.11. The number of nitrogens with one attached hydrogen (secondary N) is 1. The molecule has 0 aliphatic heterocycles. The van der Waals surface area contributed by atoms with Crippen LogP contribution in [0.25, 0.3) is 0 Å². The Labute approximate surface area is 108 Å². The molecule has 1 unspecified atom stereocenters. The van der Waals surface area contributed by atoms with Crippen molar-refractivity contribution in [1.82, 2.24) is 15.3 Å². The van der Waals surface area contributed by atoms with Crippen LogP contribution in [0.3, 0.4) is 0 Å². The van der Waals surface area contributed by atoms with Gasteiger partial charge in [0.1, 0.15) is 0 Å². The van der Waals surface area contributed by atoms with E-state index in [9.17, 15) is 0 Å². The van der Waals surface area contributed by atoms with Gasteiger partial charge in [-0.1, -0.05) is 13.8 Å². The van der Waals surface area contributed by atoms with Gasteiger partial charge in [0.2, 0.25) is 0 Å². The molecule has 0 aromatic carbocycles. The first kappa shape index (κ1) is 14.6. The Balaban J connectivity index is 2.38. The number of nitrogens with zero attached hydrogens (tertiary/aromatic N) is 2. The molecule has 4 nitrogen and oxygen atoms in total. The normalized spacial score (nSPS) is 13.2. The topological polar surface area (TPSA) is 54.2 Å². The zero-order valence-electron chi connectivity index (χ0n) is 11.1. The van der Waals surface area contributed by atoms with Crippen molar-refractivity contribution in [2.75, 3.05) is 19.6 Å². The van der Waals surface area contributed by atoms with Crippen LogP contribution in [0.1, 0.15) is 31.0 Å². The molecule has 0 saturated carbocycles. The summed E-state index contributed by atoms with van der Waals surface area (Å²) >= 11 is 1.70. The van der Waals surface area contributed by atoms with Crippen molar-refractivity contribution in [3.63, 3.8) is 0 Å². The summed E-state index contributed by atoms with van der Waals surface area (Å²) in [5.74, 6) is 5.60. The molecule has 98 valence electrons. The fraction of sp³-hybridized carbons (Fsp3) is 0.750. The number of hydrogen-bond acceptors (Lipinski definition) is 5. The standard InChI is InChI=1S/C12H24N4S/c1-4-16(5-2)7-6-11(15-13)8-12-9-17-10(3)14-12/h9,11,15H,4-8,13H2,1-3H3. The Morgan fingerprint density at radius 1 is 1.47 bits per heavy atom. The van der Waals surface area contributed by atoms with Gasteiger partial charge in [-0.15, -0.1) is 11.3 Å². The Kier molecular flexibility index (Phi) is 6.65. The number of hydrazine groups is 1. The first-order valence-corrected chi connectivity index (χ1v) is 7.17. The van der Waals surface area contributed by atoms with Crippen LogP contribution in [0.2, 0.25) is 0 Å². The van der Waals surface area contributed by atoms with Gasteiger partial charge < -0.3 is 4.90 Å². The maximum absolute atomic E-state index is 5.60. The average Bonchev–Trinajstić information content (AvgIpc) is 2.74. The summed E-state index contributed by atoms with van der Waals surface area (Å²) < 4.78 is 0. The molecule has 0 bridgehead atoms. The predicted octanol–water partition coefficient (Wildman–Crippen LogP) is 1.56. The monoisotopic (exact) mass is 256 g/mol. The molecule has 1 rings (SSSR count). The van der Waals surface area contributed by atoms with Crippen LogP contribution in [-0.2, 0) is 6.42 Å². The molecule has 0 radical (unpaired) electrons. The lowest BCUT2D eigenvalue weighted by atomic mass is 10.1. The van der Waals surface area contributed by atoms with Gasteiger partial charge in [-0.05, 0) is 33.0 Å². The Bertz CT molecular complexity index is 309. The molecule has 0 aliphatic carbocycles. The van der Waals surface area contributed by atoms with Crippen molar-refractivity contribution in [1.29, 1.82) is 0 Å². The molecule has 5 heteroatoms. The number of rotatable bonds is 8. The highest BCUT2D eigenvalue weighted by Gasteiger charge is 2.11. The van der Waals surface area contributed by atoms with Crippen LogP contribution >= 0.6 is 11.3 Å². The van der Waals surface area contributed by atoms with E-state index in [1.807, 2.05) is 6.92 Å². The summed E-state index contributed by atoms with van der Waals surface area (Å²) in [6.45, 7) is 9.71. The Hall–Kier alpha value is -0.490. The Morgan fingerprint density at radius 2 is 2.18 bits per heavy atom. The summed E-state index contributed by atoms with van der Waals surface area (Å²) in [6.07, 6.45) is 1.98. The average molecular weight is 256 g/mol. The summed E-state index contributed by atoms with van der Waals surface area (Å²) in [7, 11) is 0. The van der Waals surface area contributed by atoms with Gasteiger partial charge in [0.05, 0.1) is 10.7 Å². The second-order valence-electron chi connectivity index (χ2n) is 4.24. The second-order valence-corrected chi connectivity index (χ2v) is 5.30. The first-order valence-electron chi connectivity index (χ1n) is 6.29. The predicted molar refractivity (Wildman–Crippen MR) is 74.1 cm³/mol. The third kappa shape index (κ3) is 5.12. The van der Waals surface area contributed by atoms with Crippen molar-refractivity contribution in [2.45, 2.75) is 39.7 Å². The quantitative estimate of drug-likeness (QED) is 0.547. The minimum absolute atomic E-state index is 0.317. The zero-order valence-corrected chi connectivity index (χ0v) is 11.9. The maximum atomic E-state index is 5.60. The van der Waals surface area contributed by atoms with Crippen LogP contribution in [-0.4, -0.2) is 35.6 Å². The molecule has 0 fully saturated rings. The molecular weight excluding hydrogens is 232 g/mol. The van der Waals surface area contributed by atoms with Crippen LogP contribution in [0.15, 0.2) is 5.38 Å². The van der Waals surface area contributed by atoms with E-state index < -0.39 is 0 Å². The van der Waals surface area contributed by atoms with Crippen LogP contribution in [0.5, 0.6) is 0 Å². The lowest BCUT2D eigenvalue weighted by Crippen LogP contribution is -2.39. The lowest BCUT2D eigenvalue weighted by molar-refractivity contribution is 0.280. The molecule has 1 aromatic heterocycles. The highest BCUT2D eigenvalue weighted by molar-refractivity contribution is 7.09. The fourth-order valence-electron chi connectivity index (χ4n) is 1.88. The Morgan fingerprint density at radius 3 is 2.65 bits per heavy atom. The van der Waals surface area contributed by atoms with Crippen LogP contribution in [0.4, 0.5) is 0 Å². The van der Waals surface area contributed by atoms with Gasteiger partial charge in [-0.25, -0.2) is 4.98 Å². The summed E-state index contributed by atoms with van der Waals surface area (Å²) in [5.41, 5.74) is 4.05. The maximum Gasteiger partial charge on any atom is 0.0897 e. The fourth-order valence-corrected chi connectivity index (χ4v) is 2.50. The number of nitrogens with two attached hydrogens (primary N) is 1. The SMILES string of the molecule is CCN(CC)CCC(Cc1csc(C)n1)NN. The zero-order chi connectivity index (χ0) is 12.7. The van der Waals surface area contributed by atoms with E-state index in [4.69, 9.17) is 5.84 Å². The molecule has 17 heavy (non-hydrogen) atoms. The molecule has 0 aliphatic rings. The minimum Gasteiger partial charge on any atom is -0.304 e. The number of hydrogen-bond donors (Lipinski definition) is 2. The number of aromatic nitrogens is 1. The van der Waals surface area contributed by atoms with Gasteiger partial charge in [-0.3, -0.25) is 11.3 Å². The molecule has 0 spiro atoms. The van der Waals surface area contributed by atoms with E-state index in [1.165, 1.54) is 0 Å². The molecule has 1 atom stereocenters. The summed E-state index contributed by atoms with van der Waals surface area (Å²) in [4.78, 5) is 6.89. The molecule has 1 aromatic rings. The van der Waals surface area contributed by atoms with Gasteiger partial charge in [0.15, 0.2) is 0 Å². The van der Waals surface area contributed by atoms with E-state index in [-0.39, 0.29) is 0 Å². The van der Waals surface area contributed by atoms with Gasteiger partial charge in [-0.2, -0.15) is 0 Å². The van der Waals surface area contributed by atoms with Gasteiger partial charge >= 0.3 is 0 Å². The number of thiazole rings is 1. The smallest absolute Gasteiger partial charge is 0.0897 e. The summed E-state index contributed by atoms with van der Waals surface area (Å²) in [5, 5.41) is 3.25. The first-order chi connectivity index (χ1) is 8.19. The van der Waals surface area contributed by atoms with Gasteiger partial charge in [0, 0.05) is 17.8 Å². The number of aryl methyl sites for hydroxylation is 1. The van der Waals surface area contributed by atoms with Crippen LogP contribution < -0.4 is 11.3 Å². The highest BCUT2D eigenvalue weighted by atomic mass is 32.1. The van der Waals surface area contributed by atoms with E-state index in [0.717, 1.165) is 43.2 Å². The van der Waals surface area contributed by atoms with Crippen molar-refractivity contribution in [3.8, 4) is 0 Å². The molecule has 0 saturated heterocycles. The van der Waals surface area contributed by atoms with Crippen molar-refractivity contribution < 1.29 is 0 Å². The third-order valence-electron chi connectivity index (χ3n) is 3.05. The van der Waals surface area contributed by atoms with Crippen LogP contribution in [0, 0.1) is 6.92 Å². The molecule has 0 amide bonds. The molecular formula is C12H24N4S. The van der Waals surface area contributed by atoms with Crippen molar-refractivity contribution in [2.24, 2.45) is 5.84 Å². The molecule has 1 heterocycles. The summed E-state index contributed by atoms with van der Waals surface area (Å²) in [6, 6.07) is 0.317. The van der Waals surface area contributed by atoms with Gasteiger partial charge in [0.25, 0.3) is 0 Å². The van der Waals surface area contributed by atoms with E-state index in [1.54, 1.807) is 11.3 Å². The van der Waals surface area contributed by atoms with E-state index in [2.05, 4.69) is 34.5 Å². The second kappa shape index (κ2) is 7.76. The molecule has 3 N–H and O–H groups in total. The van der Waals surface area contributed by atoms with Crippen molar-refractivity contribution >= 4 is 11.3 Å². The van der Waals surface area contributed by atoms with E-state index >= 15 is 0 Å². The lowest BCUT2D eigenvalue weighted by Gasteiger charge is -2.21. The van der Waals surface area contributed by atoms with Crippen molar-refractivity contribution in [3.05, 3.63) is 16.1 Å². The third-order valence-corrected chi connectivity index (χ3v) is 3.87.